The molecule has 9 heteroatoms. The highest BCUT2D eigenvalue weighted by Crippen LogP contribution is 2.50. The van der Waals surface area contributed by atoms with Gasteiger partial charge in [0.05, 0.1) is 29.3 Å². The Labute approximate surface area is 222 Å². The standard InChI is InChI=1S/C27H36Cl2FN3O3/c1-15-12-16(28)8-9-19(15)27(31)21(13-26(2,3)4)33-24(25(36)32-11-10-17(35)14-34)22(27)18-6-5-7-20(29)23(18)30/h5-9,12,17,21-22,24,33-35H,10-11,13-14,31H2,1-4H3,(H,32,36). The number of rotatable bonds is 8. The third kappa shape index (κ3) is 6.04. The molecule has 198 valence electrons. The fraction of sp³-hybridized carbons (Fsp3) is 0.519. The van der Waals surface area contributed by atoms with E-state index in [2.05, 4.69) is 31.4 Å². The highest BCUT2D eigenvalue weighted by Gasteiger charge is 2.57. The Morgan fingerprint density at radius 1 is 1.28 bits per heavy atom. The quantitative estimate of drug-likeness (QED) is 0.348. The van der Waals surface area contributed by atoms with Gasteiger partial charge in [0, 0.05) is 23.5 Å². The van der Waals surface area contributed by atoms with Crippen LogP contribution in [-0.4, -0.2) is 47.5 Å². The predicted octanol–water partition coefficient (Wildman–Crippen LogP) is 4.01. The number of nitrogens with two attached hydrogens (primary N) is 1. The van der Waals surface area contributed by atoms with Crippen LogP contribution in [-0.2, 0) is 10.3 Å². The lowest BCUT2D eigenvalue weighted by atomic mass is 9.67. The summed E-state index contributed by atoms with van der Waals surface area (Å²) in [6, 6.07) is 8.89. The average Bonchev–Trinajstić information content (AvgIpc) is 3.06. The van der Waals surface area contributed by atoms with Crippen LogP contribution >= 0.6 is 23.2 Å². The van der Waals surface area contributed by atoms with Crippen LogP contribution in [0.4, 0.5) is 4.39 Å². The fourth-order valence-electron chi connectivity index (χ4n) is 5.24. The number of carbonyl (C=O) groups is 1. The van der Waals surface area contributed by atoms with E-state index in [4.69, 9.17) is 34.0 Å². The number of halogens is 3. The summed E-state index contributed by atoms with van der Waals surface area (Å²) >= 11 is 12.4. The number of hydrogen-bond acceptors (Lipinski definition) is 5. The molecule has 0 aliphatic carbocycles. The minimum absolute atomic E-state index is 0.0489. The molecule has 1 amide bonds. The molecule has 0 bridgehead atoms. The maximum absolute atomic E-state index is 15.6. The number of benzene rings is 2. The third-order valence-corrected chi connectivity index (χ3v) is 7.39. The molecule has 1 aliphatic heterocycles. The van der Waals surface area contributed by atoms with Gasteiger partial charge < -0.3 is 26.6 Å². The lowest BCUT2D eigenvalue weighted by molar-refractivity contribution is -0.123. The summed E-state index contributed by atoms with van der Waals surface area (Å²) < 4.78 is 15.6. The van der Waals surface area contributed by atoms with Gasteiger partial charge in [0.15, 0.2) is 0 Å². The van der Waals surface area contributed by atoms with Gasteiger partial charge in [-0.3, -0.25) is 4.79 Å². The van der Waals surface area contributed by atoms with E-state index < -0.39 is 36.0 Å². The molecule has 1 heterocycles. The van der Waals surface area contributed by atoms with Crippen molar-refractivity contribution in [2.24, 2.45) is 11.1 Å². The maximum Gasteiger partial charge on any atom is 0.237 e. The molecule has 0 saturated carbocycles. The van der Waals surface area contributed by atoms with Gasteiger partial charge >= 0.3 is 0 Å². The first-order valence-corrected chi connectivity index (χ1v) is 12.9. The summed E-state index contributed by atoms with van der Waals surface area (Å²) in [6.45, 7) is 7.90. The molecule has 2 aromatic carbocycles. The zero-order valence-corrected chi connectivity index (χ0v) is 22.6. The van der Waals surface area contributed by atoms with Crippen molar-refractivity contribution in [3.8, 4) is 0 Å². The van der Waals surface area contributed by atoms with Crippen molar-refractivity contribution in [1.82, 2.24) is 10.6 Å². The minimum Gasteiger partial charge on any atom is -0.394 e. The molecule has 0 aromatic heterocycles. The van der Waals surface area contributed by atoms with Crippen LogP contribution in [0.3, 0.4) is 0 Å². The Kier molecular flexibility index (Phi) is 9.08. The largest absolute Gasteiger partial charge is 0.394 e. The highest BCUT2D eigenvalue weighted by atomic mass is 35.5. The van der Waals surface area contributed by atoms with E-state index in [1.54, 1.807) is 18.2 Å². The third-order valence-electron chi connectivity index (χ3n) is 6.86. The van der Waals surface area contributed by atoms with Gasteiger partial charge in [-0.15, -0.1) is 0 Å². The lowest BCUT2D eigenvalue weighted by Gasteiger charge is -2.40. The Balaban J connectivity index is 2.17. The van der Waals surface area contributed by atoms with Crippen molar-refractivity contribution >= 4 is 29.1 Å². The molecule has 36 heavy (non-hydrogen) atoms. The molecule has 1 aliphatic rings. The van der Waals surface area contributed by atoms with Crippen LogP contribution in [0.1, 0.15) is 56.2 Å². The molecule has 1 saturated heterocycles. The summed E-state index contributed by atoms with van der Waals surface area (Å²) in [5.74, 6) is -1.79. The van der Waals surface area contributed by atoms with Gasteiger partial charge in [-0.1, -0.05) is 62.2 Å². The minimum atomic E-state index is -1.18. The maximum atomic E-state index is 15.6. The lowest BCUT2D eigenvalue weighted by Crippen LogP contribution is -2.52. The van der Waals surface area contributed by atoms with E-state index in [0.29, 0.717) is 11.4 Å². The second-order valence-corrected chi connectivity index (χ2v) is 11.7. The van der Waals surface area contributed by atoms with Gasteiger partial charge in [-0.05, 0) is 60.1 Å². The van der Waals surface area contributed by atoms with Crippen molar-refractivity contribution in [3.05, 3.63) is 69.0 Å². The molecular formula is C27H36Cl2FN3O3. The van der Waals surface area contributed by atoms with Crippen LogP contribution < -0.4 is 16.4 Å². The normalized spacial score (nSPS) is 25.1. The smallest absolute Gasteiger partial charge is 0.237 e. The summed E-state index contributed by atoms with van der Waals surface area (Å²) in [5.41, 5.74) is 7.85. The number of aliphatic hydroxyl groups excluding tert-OH is 2. The number of aliphatic hydroxyl groups is 2. The van der Waals surface area contributed by atoms with Crippen LogP contribution in [0.2, 0.25) is 10.0 Å². The van der Waals surface area contributed by atoms with Crippen LogP contribution in [0.25, 0.3) is 0 Å². The van der Waals surface area contributed by atoms with Crippen molar-refractivity contribution in [2.75, 3.05) is 13.2 Å². The van der Waals surface area contributed by atoms with Crippen molar-refractivity contribution in [2.45, 2.75) is 70.2 Å². The predicted molar refractivity (Wildman–Crippen MR) is 142 cm³/mol. The molecule has 0 spiro atoms. The number of carbonyl (C=O) groups excluding carboxylic acids is 1. The molecule has 3 rings (SSSR count). The van der Waals surface area contributed by atoms with Gasteiger partial charge in [-0.2, -0.15) is 0 Å². The van der Waals surface area contributed by atoms with E-state index in [1.807, 2.05) is 19.1 Å². The molecule has 5 unspecified atom stereocenters. The molecule has 6 N–H and O–H groups in total. The van der Waals surface area contributed by atoms with E-state index in [-0.39, 0.29) is 40.9 Å². The number of hydrogen-bond donors (Lipinski definition) is 5. The number of nitrogens with one attached hydrogen (secondary N) is 2. The Hall–Kier alpha value is -1.74. The Morgan fingerprint density at radius 3 is 2.58 bits per heavy atom. The molecule has 6 nitrogen and oxygen atoms in total. The molecular weight excluding hydrogens is 504 g/mol. The van der Waals surface area contributed by atoms with Gasteiger partial charge in [0.1, 0.15) is 5.82 Å². The van der Waals surface area contributed by atoms with Gasteiger partial charge in [-0.25, -0.2) is 4.39 Å². The molecule has 0 radical (unpaired) electrons. The van der Waals surface area contributed by atoms with E-state index in [0.717, 1.165) is 11.1 Å². The first kappa shape index (κ1) is 28.8. The second-order valence-electron chi connectivity index (χ2n) is 10.9. The second kappa shape index (κ2) is 11.3. The summed E-state index contributed by atoms with van der Waals surface area (Å²) in [6.07, 6.45) is -0.153. The van der Waals surface area contributed by atoms with E-state index >= 15 is 4.39 Å². The zero-order chi connectivity index (χ0) is 26.8. The van der Waals surface area contributed by atoms with Crippen molar-refractivity contribution in [3.63, 3.8) is 0 Å². The highest BCUT2D eigenvalue weighted by molar-refractivity contribution is 6.31. The van der Waals surface area contributed by atoms with Crippen LogP contribution in [0.15, 0.2) is 36.4 Å². The van der Waals surface area contributed by atoms with Crippen molar-refractivity contribution in [1.29, 1.82) is 0 Å². The molecule has 1 fully saturated rings. The van der Waals surface area contributed by atoms with Crippen molar-refractivity contribution < 1.29 is 19.4 Å². The number of amides is 1. The Morgan fingerprint density at radius 2 is 1.97 bits per heavy atom. The Bertz CT molecular complexity index is 1090. The zero-order valence-electron chi connectivity index (χ0n) is 21.1. The SMILES string of the molecule is Cc1cc(Cl)ccc1C1(N)C(CC(C)(C)C)NC(C(=O)NCCC(O)CO)C1c1cccc(Cl)c1F. The van der Waals surface area contributed by atoms with Gasteiger partial charge in [0.25, 0.3) is 0 Å². The number of aryl methyl sites for hydroxylation is 1. The van der Waals surface area contributed by atoms with Crippen LogP contribution in [0, 0.1) is 18.2 Å². The fourth-order valence-corrected chi connectivity index (χ4v) is 5.65. The first-order valence-electron chi connectivity index (χ1n) is 12.1. The molecule has 5 atom stereocenters. The first-order chi connectivity index (χ1) is 16.8. The molecule has 2 aromatic rings. The summed E-state index contributed by atoms with van der Waals surface area (Å²) in [4.78, 5) is 13.5. The van der Waals surface area contributed by atoms with Crippen LogP contribution in [0.5, 0.6) is 0 Å². The van der Waals surface area contributed by atoms with Gasteiger partial charge in [0.2, 0.25) is 5.91 Å². The topological polar surface area (TPSA) is 108 Å². The summed E-state index contributed by atoms with van der Waals surface area (Å²) in [7, 11) is 0. The van der Waals surface area contributed by atoms with E-state index in [9.17, 15) is 9.90 Å². The summed E-state index contributed by atoms with van der Waals surface area (Å²) in [5, 5.41) is 25.5. The average molecular weight is 541 g/mol. The van der Waals surface area contributed by atoms with E-state index in [1.165, 1.54) is 6.07 Å². The monoisotopic (exact) mass is 539 g/mol.